The Kier molecular flexibility index (Phi) is 3.03. The van der Waals surface area contributed by atoms with Crippen molar-refractivity contribution < 1.29 is 14.3 Å². The highest BCUT2D eigenvalue weighted by Gasteiger charge is 2.29. The van der Waals surface area contributed by atoms with Gasteiger partial charge in [0.05, 0.1) is 11.0 Å². The quantitative estimate of drug-likeness (QED) is 0.887. The zero-order chi connectivity index (χ0) is 13.6. The largest absolute Gasteiger partial charge is 0.393 e. The molecule has 0 atom stereocenters. The number of halogens is 1. The van der Waals surface area contributed by atoms with Gasteiger partial charge in [-0.15, -0.1) is 11.3 Å². The summed E-state index contributed by atoms with van der Waals surface area (Å²) in [6.07, 6.45) is 0.903. The molecule has 1 aromatic heterocycles. The van der Waals surface area contributed by atoms with E-state index in [2.05, 4.69) is 5.32 Å². The Bertz CT molecular complexity index is 646. The molecule has 1 aliphatic rings. The van der Waals surface area contributed by atoms with Crippen molar-refractivity contribution in [1.29, 1.82) is 0 Å². The molecular formula is C14H14FNO2S. The minimum atomic E-state index is -0.300. The van der Waals surface area contributed by atoms with Gasteiger partial charge in [0.25, 0.3) is 5.91 Å². The molecule has 2 aromatic rings. The maximum absolute atomic E-state index is 13.8. The van der Waals surface area contributed by atoms with Gasteiger partial charge in [-0.3, -0.25) is 4.79 Å². The van der Waals surface area contributed by atoms with Crippen molar-refractivity contribution in [3.05, 3.63) is 34.5 Å². The third-order valence-corrected chi connectivity index (χ3v) is 4.81. The Balaban J connectivity index is 1.90. The first kappa shape index (κ1) is 12.6. The predicted octanol–water partition coefficient (Wildman–Crippen LogP) is 2.60. The third kappa shape index (κ3) is 2.13. The van der Waals surface area contributed by atoms with Crippen molar-refractivity contribution in [3.63, 3.8) is 0 Å². The SMILES string of the molecule is Cc1c(C(=O)NC2CC(O)C2)sc2cccc(F)c12. The zero-order valence-electron chi connectivity index (χ0n) is 10.4. The summed E-state index contributed by atoms with van der Waals surface area (Å²) in [6, 6.07) is 4.92. The van der Waals surface area contributed by atoms with Gasteiger partial charge < -0.3 is 10.4 Å². The van der Waals surface area contributed by atoms with Crippen LogP contribution in [0.4, 0.5) is 4.39 Å². The number of thiophene rings is 1. The van der Waals surface area contributed by atoms with E-state index in [4.69, 9.17) is 0 Å². The maximum Gasteiger partial charge on any atom is 0.261 e. The van der Waals surface area contributed by atoms with Gasteiger partial charge in [0, 0.05) is 16.1 Å². The Labute approximate surface area is 114 Å². The lowest BCUT2D eigenvalue weighted by Crippen LogP contribution is -2.46. The molecule has 1 heterocycles. The highest BCUT2D eigenvalue weighted by atomic mass is 32.1. The lowest BCUT2D eigenvalue weighted by Gasteiger charge is -2.31. The molecular weight excluding hydrogens is 265 g/mol. The van der Waals surface area contributed by atoms with Crippen LogP contribution in [0, 0.1) is 12.7 Å². The zero-order valence-corrected chi connectivity index (χ0v) is 11.3. The minimum absolute atomic E-state index is 0.0389. The average molecular weight is 279 g/mol. The third-order valence-electron chi connectivity index (χ3n) is 3.56. The molecule has 5 heteroatoms. The molecule has 1 fully saturated rings. The van der Waals surface area contributed by atoms with Gasteiger partial charge >= 0.3 is 0 Å². The predicted molar refractivity (Wildman–Crippen MR) is 73.0 cm³/mol. The van der Waals surface area contributed by atoms with Gasteiger partial charge in [-0.05, 0) is 37.5 Å². The molecule has 100 valence electrons. The summed E-state index contributed by atoms with van der Waals surface area (Å²) in [6.45, 7) is 1.77. The van der Waals surface area contributed by atoms with E-state index < -0.39 is 0 Å². The number of hydrogen-bond acceptors (Lipinski definition) is 3. The second-order valence-corrected chi connectivity index (χ2v) is 6.02. The van der Waals surface area contributed by atoms with Gasteiger partial charge in [-0.1, -0.05) is 6.07 Å². The van der Waals surface area contributed by atoms with E-state index in [1.807, 2.05) is 6.07 Å². The van der Waals surface area contributed by atoms with Crippen LogP contribution < -0.4 is 5.32 Å². The monoisotopic (exact) mass is 279 g/mol. The number of carbonyl (C=O) groups is 1. The summed E-state index contributed by atoms with van der Waals surface area (Å²) < 4.78 is 14.5. The van der Waals surface area contributed by atoms with Crippen LogP contribution in [0.15, 0.2) is 18.2 Å². The first-order valence-corrected chi connectivity index (χ1v) is 7.04. The smallest absolute Gasteiger partial charge is 0.261 e. The lowest BCUT2D eigenvalue weighted by atomic mass is 9.89. The summed E-state index contributed by atoms with van der Waals surface area (Å²) in [7, 11) is 0. The summed E-state index contributed by atoms with van der Waals surface area (Å²) >= 11 is 1.31. The van der Waals surface area contributed by atoms with Gasteiger partial charge in [-0.25, -0.2) is 4.39 Å². The number of nitrogens with one attached hydrogen (secondary N) is 1. The Morgan fingerprint density at radius 3 is 2.84 bits per heavy atom. The highest BCUT2D eigenvalue weighted by molar-refractivity contribution is 7.21. The molecule has 2 N–H and O–H groups in total. The topological polar surface area (TPSA) is 49.3 Å². The van der Waals surface area contributed by atoms with Crippen LogP contribution in [0.3, 0.4) is 0 Å². The van der Waals surface area contributed by atoms with Crippen molar-refractivity contribution >= 4 is 27.3 Å². The van der Waals surface area contributed by atoms with E-state index in [-0.39, 0.29) is 23.9 Å². The summed E-state index contributed by atoms with van der Waals surface area (Å²) in [5.41, 5.74) is 0.690. The molecule has 0 radical (unpaired) electrons. The number of hydrogen-bond donors (Lipinski definition) is 2. The van der Waals surface area contributed by atoms with E-state index in [1.54, 1.807) is 13.0 Å². The van der Waals surface area contributed by atoms with Crippen molar-refractivity contribution in [2.45, 2.75) is 31.9 Å². The number of fused-ring (bicyclic) bond motifs is 1. The minimum Gasteiger partial charge on any atom is -0.393 e. The molecule has 1 amide bonds. The fraction of sp³-hybridized carbons (Fsp3) is 0.357. The number of aliphatic hydroxyl groups is 1. The number of carbonyl (C=O) groups excluding carboxylic acids is 1. The number of benzene rings is 1. The molecule has 1 aliphatic carbocycles. The van der Waals surface area contributed by atoms with Crippen LogP contribution >= 0.6 is 11.3 Å². The highest BCUT2D eigenvalue weighted by Crippen LogP contribution is 2.33. The summed E-state index contributed by atoms with van der Waals surface area (Å²) in [5.74, 6) is -0.459. The Morgan fingerprint density at radius 1 is 1.47 bits per heavy atom. The molecule has 0 saturated heterocycles. The van der Waals surface area contributed by atoms with Gasteiger partial charge in [0.15, 0.2) is 0 Å². The summed E-state index contributed by atoms with van der Waals surface area (Å²) in [4.78, 5) is 12.7. The lowest BCUT2D eigenvalue weighted by molar-refractivity contribution is 0.0564. The fourth-order valence-electron chi connectivity index (χ4n) is 2.43. The second kappa shape index (κ2) is 4.58. The Morgan fingerprint density at radius 2 is 2.21 bits per heavy atom. The van der Waals surface area contributed by atoms with E-state index >= 15 is 0 Å². The van der Waals surface area contributed by atoms with Crippen molar-refractivity contribution in [3.8, 4) is 0 Å². The second-order valence-electron chi connectivity index (χ2n) is 4.96. The maximum atomic E-state index is 13.8. The number of amides is 1. The number of aryl methyl sites for hydroxylation is 1. The number of rotatable bonds is 2. The van der Waals surface area contributed by atoms with Crippen molar-refractivity contribution in [1.82, 2.24) is 5.32 Å². The first-order valence-electron chi connectivity index (χ1n) is 6.23. The molecule has 19 heavy (non-hydrogen) atoms. The first-order chi connectivity index (χ1) is 9.06. The Hall–Kier alpha value is -1.46. The van der Waals surface area contributed by atoms with E-state index in [0.29, 0.717) is 28.7 Å². The van der Waals surface area contributed by atoms with E-state index in [1.165, 1.54) is 17.4 Å². The molecule has 0 spiro atoms. The van der Waals surface area contributed by atoms with Crippen molar-refractivity contribution in [2.24, 2.45) is 0 Å². The molecule has 1 saturated carbocycles. The molecule has 0 unspecified atom stereocenters. The van der Waals surface area contributed by atoms with Gasteiger partial charge in [0.2, 0.25) is 0 Å². The van der Waals surface area contributed by atoms with Crippen LogP contribution in [-0.2, 0) is 0 Å². The van der Waals surface area contributed by atoms with Crippen LogP contribution in [0.25, 0.3) is 10.1 Å². The molecule has 3 nitrogen and oxygen atoms in total. The van der Waals surface area contributed by atoms with Crippen LogP contribution in [0.1, 0.15) is 28.1 Å². The average Bonchev–Trinajstić information content (AvgIpc) is 2.66. The van der Waals surface area contributed by atoms with Crippen LogP contribution in [-0.4, -0.2) is 23.2 Å². The summed E-state index contributed by atoms with van der Waals surface area (Å²) in [5, 5.41) is 12.6. The molecule has 3 rings (SSSR count). The van der Waals surface area contributed by atoms with E-state index in [0.717, 1.165) is 4.70 Å². The van der Waals surface area contributed by atoms with Crippen molar-refractivity contribution in [2.75, 3.05) is 0 Å². The molecule has 0 bridgehead atoms. The van der Waals surface area contributed by atoms with E-state index in [9.17, 15) is 14.3 Å². The van der Waals surface area contributed by atoms with Crippen LogP contribution in [0.2, 0.25) is 0 Å². The number of aliphatic hydroxyl groups excluding tert-OH is 1. The van der Waals surface area contributed by atoms with Gasteiger partial charge in [-0.2, -0.15) is 0 Å². The van der Waals surface area contributed by atoms with Crippen LogP contribution in [0.5, 0.6) is 0 Å². The fourth-order valence-corrected chi connectivity index (χ4v) is 3.55. The molecule has 0 aliphatic heterocycles. The normalized spacial score (nSPS) is 22.3. The molecule has 1 aromatic carbocycles. The van der Waals surface area contributed by atoms with Gasteiger partial charge in [0.1, 0.15) is 5.82 Å². The standard InChI is InChI=1S/C14H14FNO2S/c1-7-12-10(15)3-2-4-11(12)19-13(7)14(18)16-8-5-9(17)6-8/h2-4,8-9,17H,5-6H2,1H3,(H,16,18).